The summed E-state index contributed by atoms with van der Waals surface area (Å²) in [5.41, 5.74) is 0.888. The second-order valence-corrected chi connectivity index (χ2v) is 3.97. The highest BCUT2D eigenvalue weighted by molar-refractivity contribution is 5.80. The van der Waals surface area contributed by atoms with Gasteiger partial charge in [-0.3, -0.25) is 4.90 Å². The molecule has 15 heavy (non-hydrogen) atoms. The van der Waals surface area contributed by atoms with E-state index in [2.05, 4.69) is 11.8 Å². The summed E-state index contributed by atoms with van der Waals surface area (Å²) in [6.07, 6.45) is 2.59. The summed E-state index contributed by atoms with van der Waals surface area (Å²) in [6.45, 7) is 7.23. The first-order valence-electron chi connectivity index (χ1n) is 5.36. The highest BCUT2D eigenvalue weighted by atomic mass is 16.5. The molecule has 1 atom stereocenters. The summed E-state index contributed by atoms with van der Waals surface area (Å²) in [5.74, 6) is -0.868. The minimum absolute atomic E-state index is 0.302. The molecule has 4 nitrogen and oxygen atoms in total. The number of ether oxygens (including phenoxy) is 1. The molecule has 1 aliphatic heterocycles. The van der Waals surface area contributed by atoms with Crippen LogP contribution >= 0.6 is 0 Å². The lowest BCUT2D eigenvalue weighted by Crippen LogP contribution is -2.42. The van der Waals surface area contributed by atoms with Gasteiger partial charge >= 0.3 is 5.97 Å². The lowest BCUT2D eigenvalue weighted by atomic mass is 10.2. The van der Waals surface area contributed by atoms with E-state index in [-0.39, 0.29) is 0 Å². The van der Waals surface area contributed by atoms with Crippen molar-refractivity contribution in [2.24, 2.45) is 0 Å². The minimum atomic E-state index is -0.868. The van der Waals surface area contributed by atoms with Crippen LogP contribution in [0.2, 0.25) is 0 Å². The van der Waals surface area contributed by atoms with Crippen LogP contribution in [0.3, 0.4) is 0 Å². The van der Waals surface area contributed by atoms with Crippen LogP contribution in [0, 0.1) is 0 Å². The topological polar surface area (TPSA) is 49.8 Å². The van der Waals surface area contributed by atoms with Crippen LogP contribution < -0.4 is 0 Å². The Morgan fingerprint density at radius 3 is 3.00 bits per heavy atom. The van der Waals surface area contributed by atoms with Crippen LogP contribution in [0.5, 0.6) is 0 Å². The molecule has 4 heteroatoms. The summed E-state index contributed by atoms with van der Waals surface area (Å²) in [7, 11) is 0. The molecule has 0 amide bonds. The molecule has 1 saturated heterocycles. The quantitative estimate of drug-likeness (QED) is 0.711. The Bertz CT molecular complexity index is 250. The largest absolute Gasteiger partial charge is 0.478 e. The molecule has 0 radical (unpaired) electrons. The maximum Gasteiger partial charge on any atom is 0.328 e. The number of aliphatic carboxylic acids is 1. The Morgan fingerprint density at radius 1 is 1.67 bits per heavy atom. The van der Waals surface area contributed by atoms with Crippen LogP contribution in [0.15, 0.2) is 11.6 Å². The van der Waals surface area contributed by atoms with E-state index in [1.165, 1.54) is 6.08 Å². The van der Waals surface area contributed by atoms with E-state index in [0.29, 0.717) is 6.10 Å². The van der Waals surface area contributed by atoms with Crippen molar-refractivity contribution >= 4 is 5.97 Å². The minimum Gasteiger partial charge on any atom is -0.478 e. The summed E-state index contributed by atoms with van der Waals surface area (Å²) in [5, 5.41) is 8.59. The molecular formula is C11H19NO3. The van der Waals surface area contributed by atoms with Crippen molar-refractivity contribution in [3.05, 3.63) is 11.6 Å². The smallest absolute Gasteiger partial charge is 0.328 e. The van der Waals surface area contributed by atoms with Crippen LogP contribution in [-0.2, 0) is 9.53 Å². The molecule has 1 unspecified atom stereocenters. The molecule has 0 bridgehead atoms. The first-order valence-corrected chi connectivity index (χ1v) is 5.36. The van der Waals surface area contributed by atoms with E-state index in [1.807, 2.05) is 6.92 Å². The average Bonchev–Trinajstić information content (AvgIpc) is 2.16. The number of carbonyl (C=O) groups is 1. The molecule has 1 heterocycles. The fraction of sp³-hybridized carbons (Fsp3) is 0.727. The van der Waals surface area contributed by atoms with Crippen molar-refractivity contribution in [1.82, 2.24) is 4.90 Å². The van der Waals surface area contributed by atoms with Gasteiger partial charge in [0.2, 0.25) is 0 Å². The average molecular weight is 213 g/mol. The Balaban J connectivity index is 2.41. The fourth-order valence-corrected chi connectivity index (χ4v) is 1.78. The van der Waals surface area contributed by atoms with E-state index >= 15 is 0 Å². The summed E-state index contributed by atoms with van der Waals surface area (Å²) in [6, 6.07) is 0. The molecule has 0 saturated carbocycles. The second kappa shape index (κ2) is 5.88. The fourth-order valence-electron chi connectivity index (χ4n) is 1.78. The number of hydrogen-bond acceptors (Lipinski definition) is 3. The van der Waals surface area contributed by atoms with Gasteiger partial charge in [0.05, 0.1) is 12.7 Å². The molecule has 0 aliphatic carbocycles. The number of nitrogens with zero attached hydrogens (tertiary/aromatic N) is 1. The Morgan fingerprint density at radius 2 is 2.40 bits per heavy atom. The summed E-state index contributed by atoms with van der Waals surface area (Å²) >= 11 is 0. The third kappa shape index (κ3) is 4.44. The highest BCUT2D eigenvalue weighted by Gasteiger charge is 2.18. The number of hydrogen-bond donors (Lipinski definition) is 1. The first kappa shape index (κ1) is 12.2. The van der Waals surface area contributed by atoms with Gasteiger partial charge in [-0.25, -0.2) is 4.79 Å². The van der Waals surface area contributed by atoms with Crippen molar-refractivity contribution in [3.63, 3.8) is 0 Å². The Kier molecular flexibility index (Phi) is 4.78. The molecule has 1 N–H and O–H groups in total. The van der Waals surface area contributed by atoms with Crippen molar-refractivity contribution in [2.75, 3.05) is 26.2 Å². The predicted octanol–water partition coefficient (Wildman–Crippen LogP) is 1.13. The van der Waals surface area contributed by atoms with Crippen molar-refractivity contribution in [3.8, 4) is 0 Å². The molecule has 1 fully saturated rings. The highest BCUT2D eigenvalue weighted by Crippen LogP contribution is 2.09. The van der Waals surface area contributed by atoms with Crippen LogP contribution in [0.1, 0.15) is 20.3 Å². The predicted molar refractivity (Wildman–Crippen MR) is 57.9 cm³/mol. The van der Waals surface area contributed by atoms with Gasteiger partial charge in [-0.05, 0) is 13.3 Å². The molecule has 0 aromatic rings. The first-order chi connectivity index (χ1) is 7.11. The van der Waals surface area contributed by atoms with Gasteiger partial charge in [0.25, 0.3) is 0 Å². The summed E-state index contributed by atoms with van der Waals surface area (Å²) in [4.78, 5) is 12.7. The maximum absolute atomic E-state index is 10.5. The zero-order valence-corrected chi connectivity index (χ0v) is 9.40. The van der Waals surface area contributed by atoms with Gasteiger partial charge in [-0.1, -0.05) is 12.5 Å². The van der Waals surface area contributed by atoms with E-state index in [0.717, 1.165) is 38.2 Å². The second-order valence-electron chi connectivity index (χ2n) is 3.97. The van der Waals surface area contributed by atoms with Crippen LogP contribution in [0.25, 0.3) is 0 Å². The van der Waals surface area contributed by atoms with Gasteiger partial charge in [-0.15, -0.1) is 0 Å². The van der Waals surface area contributed by atoms with Crippen molar-refractivity contribution in [1.29, 1.82) is 0 Å². The van der Waals surface area contributed by atoms with Gasteiger partial charge < -0.3 is 9.84 Å². The monoisotopic (exact) mass is 213 g/mol. The lowest BCUT2D eigenvalue weighted by molar-refractivity contribution is -0.131. The molecular weight excluding hydrogens is 194 g/mol. The van der Waals surface area contributed by atoms with E-state index < -0.39 is 5.97 Å². The molecule has 0 spiro atoms. The third-order valence-corrected chi connectivity index (χ3v) is 2.52. The lowest BCUT2D eigenvalue weighted by Gasteiger charge is -2.32. The van der Waals surface area contributed by atoms with Gasteiger partial charge in [0.15, 0.2) is 0 Å². The van der Waals surface area contributed by atoms with Crippen molar-refractivity contribution in [2.45, 2.75) is 26.4 Å². The number of rotatable bonds is 4. The molecule has 0 aromatic heterocycles. The van der Waals surface area contributed by atoms with Gasteiger partial charge in [0, 0.05) is 25.7 Å². The van der Waals surface area contributed by atoms with Gasteiger partial charge in [0.1, 0.15) is 0 Å². The number of carboxylic acids is 1. The van der Waals surface area contributed by atoms with Crippen molar-refractivity contribution < 1.29 is 14.6 Å². The Labute approximate surface area is 90.5 Å². The summed E-state index contributed by atoms with van der Waals surface area (Å²) < 4.78 is 5.54. The Hall–Kier alpha value is -0.870. The molecule has 1 aliphatic rings. The molecule has 86 valence electrons. The van der Waals surface area contributed by atoms with E-state index in [1.54, 1.807) is 0 Å². The van der Waals surface area contributed by atoms with Crippen LogP contribution in [0.4, 0.5) is 0 Å². The van der Waals surface area contributed by atoms with E-state index in [9.17, 15) is 4.79 Å². The normalized spacial score (nSPS) is 24.1. The van der Waals surface area contributed by atoms with Crippen LogP contribution in [-0.4, -0.2) is 48.3 Å². The molecule has 0 aromatic carbocycles. The number of carboxylic acid groups (broad SMARTS) is 1. The van der Waals surface area contributed by atoms with E-state index in [4.69, 9.17) is 9.84 Å². The maximum atomic E-state index is 10.5. The SMILES string of the molecule is CCC1CN(CC(C)=CC(=O)O)CCO1. The zero-order chi connectivity index (χ0) is 11.3. The standard InChI is InChI=1S/C11H19NO3/c1-3-10-8-12(4-5-15-10)7-9(2)6-11(13)14/h6,10H,3-5,7-8H2,1-2H3,(H,13,14). The van der Waals surface area contributed by atoms with Gasteiger partial charge in [-0.2, -0.15) is 0 Å². The number of morpholine rings is 1. The molecule has 1 rings (SSSR count). The zero-order valence-electron chi connectivity index (χ0n) is 9.40. The third-order valence-electron chi connectivity index (χ3n) is 2.52.